The number of benzene rings is 1. The van der Waals surface area contributed by atoms with Crippen LogP contribution in [-0.4, -0.2) is 25.0 Å². The largest absolute Gasteiger partial charge is 0.354 e. The SMILES string of the molecule is CN=C(NCc1ccc(NC(=O)C(C)C)cc1)NC(C)C.I. The smallest absolute Gasteiger partial charge is 0.226 e. The Kier molecular flexibility index (Phi) is 9.80. The van der Waals surface area contributed by atoms with Crippen molar-refractivity contribution in [2.24, 2.45) is 10.9 Å². The van der Waals surface area contributed by atoms with Gasteiger partial charge in [0.1, 0.15) is 0 Å². The molecule has 0 saturated heterocycles. The third-order valence-corrected chi connectivity index (χ3v) is 2.85. The lowest BCUT2D eigenvalue weighted by Gasteiger charge is -2.14. The molecule has 0 radical (unpaired) electrons. The van der Waals surface area contributed by atoms with E-state index in [1.165, 1.54) is 0 Å². The summed E-state index contributed by atoms with van der Waals surface area (Å²) in [6.07, 6.45) is 0. The normalized spacial score (nSPS) is 11.1. The highest BCUT2D eigenvalue weighted by molar-refractivity contribution is 14.0. The Labute approximate surface area is 150 Å². The van der Waals surface area contributed by atoms with E-state index in [1.54, 1.807) is 7.05 Å². The zero-order valence-corrected chi connectivity index (χ0v) is 16.3. The van der Waals surface area contributed by atoms with Gasteiger partial charge in [0.15, 0.2) is 5.96 Å². The van der Waals surface area contributed by atoms with Crippen LogP contribution >= 0.6 is 24.0 Å². The Balaban J connectivity index is 0.00000441. The zero-order valence-electron chi connectivity index (χ0n) is 13.9. The Hall–Kier alpha value is -1.31. The molecule has 0 atom stereocenters. The summed E-state index contributed by atoms with van der Waals surface area (Å²) in [5.41, 5.74) is 1.95. The van der Waals surface area contributed by atoms with Crippen LogP contribution in [-0.2, 0) is 11.3 Å². The lowest BCUT2D eigenvalue weighted by Crippen LogP contribution is -2.40. The molecular weight excluding hydrogens is 391 g/mol. The molecule has 0 aromatic heterocycles. The summed E-state index contributed by atoms with van der Waals surface area (Å²) >= 11 is 0. The maximum absolute atomic E-state index is 11.6. The van der Waals surface area contributed by atoms with E-state index in [0.29, 0.717) is 12.6 Å². The van der Waals surface area contributed by atoms with E-state index in [2.05, 4.69) is 34.8 Å². The number of amides is 1. The zero-order chi connectivity index (χ0) is 15.8. The molecule has 1 amide bonds. The number of anilines is 1. The van der Waals surface area contributed by atoms with Crippen LogP contribution in [0.25, 0.3) is 0 Å². The van der Waals surface area contributed by atoms with E-state index in [9.17, 15) is 4.79 Å². The van der Waals surface area contributed by atoms with Gasteiger partial charge in [-0.1, -0.05) is 26.0 Å². The van der Waals surface area contributed by atoms with Crippen molar-refractivity contribution in [1.29, 1.82) is 0 Å². The van der Waals surface area contributed by atoms with Crippen molar-refractivity contribution in [2.75, 3.05) is 12.4 Å². The Bertz CT molecular complexity index is 483. The van der Waals surface area contributed by atoms with Gasteiger partial charge in [0.25, 0.3) is 0 Å². The number of hydrogen-bond acceptors (Lipinski definition) is 2. The van der Waals surface area contributed by atoms with Crippen molar-refractivity contribution in [3.8, 4) is 0 Å². The lowest BCUT2D eigenvalue weighted by molar-refractivity contribution is -0.118. The first-order valence-corrected chi connectivity index (χ1v) is 7.29. The van der Waals surface area contributed by atoms with E-state index in [0.717, 1.165) is 17.2 Å². The predicted molar refractivity (Wildman–Crippen MR) is 104 cm³/mol. The van der Waals surface area contributed by atoms with E-state index >= 15 is 0 Å². The van der Waals surface area contributed by atoms with Crippen LogP contribution < -0.4 is 16.0 Å². The Morgan fingerprint density at radius 3 is 2.18 bits per heavy atom. The van der Waals surface area contributed by atoms with Crippen LogP contribution in [0.1, 0.15) is 33.3 Å². The first kappa shape index (κ1) is 20.7. The van der Waals surface area contributed by atoms with E-state index in [-0.39, 0.29) is 35.8 Å². The third kappa shape index (κ3) is 7.63. The molecule has 0 saturated carbocycles. The Morgan fingerprint density at radius 2 is 1.73 bits per heavy atom. The van der Waals surface area contributed by atoms with Gasteiger partial charge >= 0.3 is 0 Å². The molecule has 6 heteroatoms. The quantitative estimate of drug-likeness (QED) is 0.392. The van der Waals surface area contributed by atoms with E-state index in [1.807, 2.05) is 38.1 Å². The van der Waals surface area contributed by atoms with E-state index in [4.69, 9.17) is 0 Å². The van der Waals surface area contributed by atoms with Gasteiger partial charge in [-0.3, -0.25) is 9.79 Å². The van der Waals surface area contributed by atoms with Crippen LogP contribution in [0.15, 0.2) is 29.3 Å². The Morgan fingerprint density at radius 1 is 1.14 bits per heavy atom. The minimum absolute atomic E-state index is 0. The van der Waals surface area contributed by atoms with Crippen molar-refractivity contribution in [1.82, 2.24) is 10.6 Å². The van der Waals surface area contributed by atoms with Gasteiger partial charge in [-0.2, -0.15) is 0 Å². The maximum atomic E-state index is 11.6. The molecule has 1 aromatic carbocycles. The van der Waals surface area contributed by atoms with Crippen LogP contribution in [0.3, 0.4) is 0 Å². The van der Waals surface area contributed by atoms with Gasteiger partial charge < -0.3 is 16.0 Å². The van der Waals surface area contributed by atoms with Crippen LogP contribution in [0, 0.1) is 5.92 Å². The maximum Gasteiger partial charge on any atom is 0.226 e. The van der Waals surface area contributed by atoms with Crippen LogP contribution in [0.4, 0.5) is 5.69 Å². The molecule has 0 heterocycles. The highest BCUT2D eigenvalue weighted by Gasteiger charge is 2.06. The lowest BCUT2D eigenvalue weighted by atomic mass is 10.1. The number of carbonyl (C=O) groups excluding carboxylic acids is 1. The molecule has 0 aliphatic carbocycles. The minimum Gasteiger partial charge on any atom is -0.354 e. The highest BCUT2D eigenvalue weighted by Crippen LogP contribution is 2.10. The number of aliphatic imine (C=N–C) groups is 1. The molecule has 0 aliphatic rings. The first-order chi connectivity index (χ1) is 9.92. The summed E-state index contributed by atoms with van der Waals surface area (Å²) in [4.78, 5) is 15.8. The second-order valence-electron chi connectivity index (χ2n) is 5.57. The second-order valence-corrected chi connectivity index (χ2v) is 5.57. The molecule has 5 nitrogen and oxygen atoms in total. The van der Waals surface area contributed by atoms with Crippen molar-refractivity contribution in [3.63, 3.8) is 0 Å². The van der Waals surface area contributed by atoms with Crippen molar-refractivity contribution >= 4 is 41.5 Å². The fourth-order valence-corrected chi connectivity index (χ4v) is 1.65. The van der Waals surface area contributed by atoms with Gasteiger partial charge in [-0.15, -0.1) is 24.0 Å². The number of guanidine groups is 1. The van der Waals surface area contributed by atoms with E-state index < -0.39 is 0 Å². The minimum atomic E-state index is -0.0169. The average molecular weight is 418 g/mol. The van der Waals surface area contributed by atoms with Gasteiger partial charge in [0, 0.05) is 31.2 Å². The predicted octanol–water partition coefficient (Wildman–Crippen LogP) is 2.97. The van der Waals surface area contributed by atoms with Gasteiger partial charge in [0.05, 0.1) is 0 Å². The molecular formula is C16H27IN4O. The fourth-order valence-electron chi connectivity index (χ4n) is 1.65. The number of halogens is 1. The third-order valence-electron chi connectivity index (χ3n) is 2.85. The molecule has 22 heavy (non-hydrogen) atoms. The molecule has 0 unspecified atom stereocenters. The molecule has 0 spiro atoms. The molecule has 0 aliphatic heterocycles. The van der Waals surface area contributed by atoms with Crippen LogP contribution in [0.2, 0.25) is 0 Å². The summed E-state index contributed by atoms with van der Waals surface area (Å²) in [5.74, 6) is 0.793. The summed E-state index contributed by atoms with van der Waals surface area (Å²) in [5, 5.41) is 9.35. The molecule has 1 aromatic rings. The van der Waals surface area contributed by atoms with Crippen molar-refractivity contribution < 1.29 is 4.79 Å². The average Bonchev–Trinajstić information content (AvgIpc) is 2.44. The topological polar surface area (TPSA) is 65.5 Å². The number of rotatable bonds is 5. The number of nitrogens with one attached hydrogen (secondary N) is 3. The second kappa shape index (κ2) is 10.4. The van der Waals surface area contributed by atoms with Crippen molar-refractivity contribution in [2.45, 2.75) is 40.3 Å². The highest BCUT2D eigenvalue weighted by atomic mass is 127. The summed E-state index contributed by atoms with van der Waals surface area (Å²) in [6.45, 7) is 8.57. The summed E-state index contributed by atoms with van der Waals surface area (Å²) in [7, 11) is 1.75. The number of carbonyl (C=O) groups is 1. The van der Waals surface area contributed by atoms with Crippen LogP contribution in [0.5, 0.6) is 0 Å². The number of nitrogens with zero attached hydrogens (tertiary/aromatic N) is 1. The summed E-state index contributed by atoms with van der Waals surface area (Å²) < 4.78 is 0. The molecule has 1 rings (SSSR count). The standard InChI is InChI=1S/C16H26N4O.HI/c1-11(2)15(21)20-14-8-6-13(7-9-14)10-18-16(17-5)19-12(3)4;/h6-9,11-12H,10H2,1-5H3,(H,20,21)(H2,17,18,19);1H. The summed E-state index contributed by atoms with van der Waals surface area (Å²) in [6, 6.07) is 8.15. The number of hydrogen-bond donors (Lipinski definition) is 3. The molecule has 3 N–H and O–H groups in total. The van der Waals surface area contributed by atoms with Crippen molar-refractivity contribution in [3.05, 3.63) is 29.8 Å². The van der Waals surface area contributed by atoms with Gasteiger partial charge in [0.2, 0.25) is 5.91 Å². The molecule has 0 fully saturated rings. The molecule has 124 valence electrons. The first-order valence-electron chi connectivity index (χ1n) is 7.29. The fraction of sp³-hybridized carbons (Fsp3) is 0.500. The monoisotopic (exact) mass is 418 g/mol. The van der Waals surface area contributed by atoms with Gasteiger partial charge in [-0.05, 0) is 31.5 Å². The van der Waals surface area contributed by atoms with Gasteiger partial charge in [-0.25, -0.2) is 0 Å². The molecule has 0 bridgehead atoms.